The monoisotopic (exact) mass is 305 g/mol. The van der Waals surface area contributed by atoms with Crippen molar-refractivity contribution in [3.8, 4) is 11.5 Å². The summed E-state index contributed by atoms with van der Waals surface area (Å²) in [5.74, 6) is 1.81. The largest absolute Gasteiger partial charge is 0.495 e. The van der Waals surface area contributed by atoms with Gasteiger partial charge in [0.1, 0.15) is 18.1 Å². The van der Waals surface area contributed by atoms with Gasteiger partial charge in [-0.05, 0) is 29.8 Å². The molecule has 5 heteroatoms. The van der Waals surface area contributed by atoms with Crippen LogP contribution in [-0.4, -0.2) is 23.7 Å². The topological polar surface area (TPSA) is 61.5 Å². The Labute approximate surface area is 127 Å². The SMILES string of the molecule is COc1ccccc1S(=O)CCOc1ccc(CN)cc1. The minimum absolute atomic E-state index is 0.382. The minimum atomic E-state index is -1.14. The molecule has 4 nitrogen and oxygen atoms in total. The lowest BCUT2D eigenvalue weighted by Crippen LogP contribution is -2.09. The molecule has 1 atom stereocenters. The molecule has 0 aliphatic rings. The van der Waals surface area contributed by atoms with Crippen LogP contribution in [0.1, 0.15) is 5.56 Å². The number of methoxy groups -OCH3 is 1. The molecule has 2 aromatic rings. The number of ether oxygens (including phenoxy) is 2. The maximum absolute atomic E-state index is 12.2. The molecule has 21 heavy (non-hydrogen) atoms. The summed E-state index contributed by atoms with van der Waals surface area (Å²) in [7, 11) is 0.430. The van der Waals surface area contributed by atoms with E-state index in [9.17, 15) is 4.21 Å². The zero-order valence-corrected chi connectivity index (χ0v) is 12.8. The Morgan fingerprint density at radius 1 is 1.10 bits per heavy atom. The van der Waals surface area contributed by atoms with Gasteiger partial charge in [-0.25, -0.2) is 0 Å². The van der Waals surface area contributed by atoms with Crippen molar-refractivity contribution in [1.82, 2.24) is 0 Å². The number of rotatable bonds is 7. The third-order valence-corrected chi connectivity index (χ3v) is 4.38. The molecule has 0 aromatic heterocycles. The van der Waals surface area contributed by atoms with E-state index >= 15 is 0 Å². The summed E-state index contributed by atoms with van der Waals surface area (Å²) in [5, 5.41) is 0. The maximum atomic E-state index is 12.2. The van der Waals surface area contributed by atoms with Gasteiger partial charge >= 0.3 is 0 Å². The molecule has 0 saturated heterocycles. The fourth-order valence-electron chi connectivity index (χ4n) is 1.87. The predicted molar refractivity (Wildman–Crippen MR) is 84.1 cm³/mol. The van der Waals surface area contributed by atoms with Crippen LogP contribution in [0.15, 0.2) is 53.4 Å². The van der Waals surface area contributed by atoms with Crippen LogP contribution in [0.4, 0.5) is 0 Å². The zero-order chi connectivity index (χ0) is 15.1. The second-order valence-corrected chi connectivity index (χ2v) is 5.94. The highest BCUT2D eigenvalue weighted by atomic mass is 32.2. The highest BCUT2D eigenvalue weighted by Gasteiger charge is 2.09. The number of hydrogen-bond acceptors (Lipinski definition) is 4. The first-order chi connectivity index (χ1) is 10.2. The lowest BCUT2D eigenvalue weighted by atomic mass is 10.2. The van der Waals surface area contributed by atoms with Crippen LogP contribution in [0, 0.1) is 0 Å². The van der Waals surface area contributed by atoms with Crippen molar-refractivity contribution in [3.63, 3.8) is 0 Å². The molecule has 0 spiro atoms. The lowest BCUT2D eigenvalue weighted by molar-refractivity contribution is 0.342. The van der Waals surface area contributed by atoms with Gasteiger partial charge in [-0.3, -0.25) is 4.21 Å². The molecule has 2 N–H and O–H groups in total. The average molecular weight is 305 g/mol. The van der Waals surface area contributed by atoms with E-state index in [1.165, 1.54) is 0 Å². The molecule has 0 aliphatic heterocycles. The van der Waals surface area contributed by atoms with Gasteiger partial charge in [0, 0.05) is 6.54 Å². The highest BCUT2D eigenvalue weighted by Crippen LogP contribution is 2.21. The molecular formula is C16H19NO3S. The fraction of sp³-hybridized carbons (Fsp3) is 0.250. The van der Waals surface area contributed by atoms with Gasteiger partial charge in [0.15, 0.2) is 0 Å². The standard InChI is InChI=1S/C16H19NO3S/c1-19-15-4-2-3-5-16(15)21(18)11-10-20-14-8-6-13(12-17)7-9-14/h2-9H,10-12,17H2,1H3. The zero-order valence-electron chi connectivity index (χ0n) is 12.0. The molecule has 0 radical (unpaired) electrons. The molecular weight excluding hydrogens is 286 g/mol. The van der Waals surface area contributed by atoms with Crippen molar-refractivity contribution in [2.45, 2.75) is 11.4 Å². The molecule has 0 aliphatic carbocycles. The van der Waals surface area contributed by atoms with Crippen molar-refractivity contribution in [1.29, 1.82) is 0 Å². The molecule has 112 valence electrons. The number of hydrogen-bond donors (Lipinski definition) is 1. The quantitative estimate of drug-likeness (QED) is 0.853. The summed E-state index contributed by atoms with van der Waals surface area (Å²) < 4.78 is 23.1. The fourth-order valence-corrected chi connectivity index (χ4v) is 2.93. The first-order valence-corrected chi connectivity index (χ1v) is 7.99. The first kappa shape index (κ1) is 15.5. The van der Waals surface area contributed by atoms with Crippen molar-refractivity contribution in [2.24, 2.45) is 5.73 Å². The number of benzene rings is 2. The van der Waals surface area contributed by atoms with Crippen LogP contribution in [-0.2, 0) is 17.3 Å². The van der Waals surface area contributed by atoms with E-state index in [0.717, 1.165) is 11.3 Å². The van der Waals surface area contributed by atoms with Crippen LogP contribution in [0.25, 0.3) is 0 Å². The van der Waals surface area contributed by atoms with E-state index in [2.05, 4.69) is 0 Å². The second kappa shape index (κ2) is 7.81. The summed E-state index contributed by atoms with van der Waals surface area (Å²) >= 11 is 0. The van der Waals surface area contributed by atoms with Gasteiger partial charge in [-0.1, -0.05) is 24.3 Å². The molecule has 1 unspecified atom stereocenters. The Kier molecular flexibility index (Phi) is 5.78. The van der Waals surface area contributed by atoms with Crippen molar-refractivity contribution in [3.05, 3.63) is 54.1 Å². The van der Waals surface area contributed by atoms with Crippen molar-refractivity contribution >= 4 is 10.8 Å². The Hall–Kier alpha value is -1.85. The summed E-state index contributed by atoms with van der Waals surface area (Å²) in [6.45, 7) is 0.894. The second-order valence-electron chi connectivity index (χ2n) is 4.40. The first-order valence-electron chi connectivity index (χ1n) is 6.68. The van der Waals surface area contributed by atoms with Gasteiger partial charge in [0.2, 0.25) is 0 Å². The van der Waals surface area contributed by atoms with E-state index in [-0.39, 0.29) is 0 Å². The van der Waals surface area contributed by atoms with Crippen LogP contribution >= 0.6 is 0 Å². The van der Waals surface area contributed by atoms with E-state index in [1.54, 1.807) is 13.2 Å². The van der Waals surface area contributed by atoms with Gasteiger partial charge in [0.05, 0.1) is 28.6 Å². The normalized spacial score (nSPS) is 11.9. The van der Waals surface area contributed by atoms with Crippen molar-refractivity contribution < 1.29 is 13.7 Å². The Bertz CT molecular complexity index is 599. The van der Waals surface area contributed by atoms with E-state index in [0.29, 0.717) is 29.5 Å². The molecule has 2 rings (SSSR count). The van der Waals surface area contributed by atoms with Gasteiger partial charge in [0.25, 0.3) is 0 Å². The third-order valence-electron chi connectivity index (χ3n) is 3.01. The smallest absolute Gasteiger partial charge is 0.134 e. The summed E-state index contributed by atoms with van der Waals surface area (Å²) in [5.41, 5.74) is 6.59. The number of para-hydroxylation sites is 1. The molecule has 0 heterocycles. The van der Waals surface area contributed by atoms with E-state index in [1.807, 2.05) is 42.5 Å². The Morgan fingerprint density at radius 3 is 2.48 bits per heavy atom. The van der Waals surface area contributed by atoms with Gasteiger partial charge < -0.3 is 15.2 Å². The predicted octanol–water partition coefficient (Wildman–Crippen LogP) is 2.34. The average Bonchev–Trinajstić information content (AvgIpc) is 2.55. The van der Waals surface area contributed by atoms with Crippen molar-refractivity contribution in [2.75, 3.05) is 19.5 Å². The van der Waals surface area contributed by atoms with Crippen LogP contribution in [0.5, 0.6) is 11.5 Å². The summed E-state index contributed by atoms with van der Waals surface area (Å²) in [4.78, 5) is 0.696. The van der Waals surface area contributed by atoms with Crippen LogP contribution in [0.3, 0.4) is 0 Å². The molecule has 0 fully saturated rings. The lowest BCUT2D eigenvalue weighted by Gasteiger charge is -2.09. The minimum Gasteiger partial charge on any atom is -0.495 e. The molecule has 0 amide bonds. The molecule has 2 aromatic carbocycles. The van der Waals surface area contributed by atoms with Crippen LogP contribution < -0.4 is 15.2 Å². The molecule has 0 bridgehead atoms. The Morgan fingerprint density at radius 2 is 1.81 bits per heavy atom. The molecule has 0 saturated carbocycles. The Balaban J connectivity index is 1.89. The van der Waals surface area contributed by atoms with Crippen LogP contribution in [0.2, 0.25) is 0 Å². The van der Waals surface area contributed by atoms with E-state index in [4.69, 9.17) is 15.2 Å². The maximum Gasteiger partial charge on any atom is 0.134 e. The van der Waals surface area contributed by atoms with E-state index < -0.39 is 10.8 Å². The summed E-state index contributed by atoms with van der Waals surface area (Å²) in [6, 6.07) is 14.9. The number of nitrogens with two attached hydrogens (primary N) is 1. The summed E-state index contributed by atoms with van der Waals surface area (Å²) in [6.07, 6.45) is 0. The van der Waals surface area contributed by atoms with Gasteiger partial charge in [-0.15, -0.1) is 0 Å². The highest BCUT2D eigenvalue weighted by molar-refractivity contribution is 7.85. The van der Waals surface area contributed by atoms with Gasteiger partial charge in [-0.2, -0.15) is 0 Å². The third kappa shape index (κ3) is 4.31.